The Labute approximate surface area is 76.8 Å². The third-order valence-electron chi connectivity index (χ3n) is 2.02. The Kier molecular flexibility index (Phi) is 3.88. The van der Waals surface area contributed by atoms with Gasteiger partial charge in [-0.05, 0) is 0 Å². The first-order valence-corrected chi connectivity index (χ1v) is 5.09. The van der Waals surface area contributed by atoms with Gasteiger partial charge < -0.3 is 0 Å². The molecular weight excluding hydrogens is 201 g/mol. The van der Waals surface area contributed by atoms with Gasteiger partial charge in [0.15, 0.2) is 0 Å². The summed E-state index contributed by atoms with van der Waals surface area (Å²) >= 11 is 3.15. The normalized spacial score (nSPS) is 16.9. The van der Waals surface area contributed by atoms with E-state index in [0.717, 1.165) is 12.8 Å². The standard InChI is InChI=1S/C9H15NSe/c1-2-3-6-9(11)10-7-4-5-8-10/h2H,1,3-8H2. The molecule has 1 nitrogen and oxygen atoms in total. The first-order chi connectivity index (χ1) is 5.34. The van der Waals surface area contributed by atoms with E-state index in [1.807, 2.05) is 6.08 Å². The van der Waals surface area contributed by atoms with Crippen LogP contribution in [0.25, 0.3) is 0 Å². The van der Waals surface area contributed by atoms with E-state index in [0.29, 0.717) is 0 Å². The van der Waals surface area contributed by atoms with E-state index >= 15 is 0 Å². The van der Waals surface area contributed by atoms with Crippen molar-refractivity contribution in [2.45, 2.75) is 25.7 Å². The summed E-state index contributed by atoms with van der Waals surface area (Å²) in [4.78, 5) is 2.45. The van der Waals surface area contributed by atoms with Crippen LogP contribution in [0.15, 0.2) is 12.7 Å². The van der Waals surface area contributed by atoms with Crippen LogP contribution >= 0.6 is 0 Å². The quantitative estimate of drug-likeness (QED) is 0.506. The molecule has 0 amide bonds. The fourth-order valence-corrected chi connectivity index (χ4v) is 1.98. The maximum atomic E-state index is 3.71. The Bertz CT molecular complexity index is 148. The monoisotopic (exact) mass is 217 g/mol. The molecule has 11 heavy (non-hydrogen) atoms. The van der Waals surface area contributed by atoms with Crippen LogP contribution in [0.4, 0.5) is 0 Å². The third kappa shape index (κ3) is 2.80. The molecule has 0 radical (unpaired) electrons. The molecule has 1 heterocycles. The van der Waals surface area contributed by atoms with Gasteiger partial charge in [0.25, 0.3) is 0 Å². The van der Waals surface area contributed by atoms with Gasteiger partial charge >= 0.3 is 76.4 Å². The number of hydrogen-bond donors (Lipinski definition) is 0. The first kappa shape index (κ1) is 9.02. The molecule has 0 atom stereocenters. The van der Waals surface area contributed by atoms with Gasteiger partial charge in [0, 0.05) is 0 Å². The van der Waals surface area contributed by atoms with Crippen molar-refractivity contribution in [3.05, 3.63) is 12.7 Å². The minimum atomic E-state index is 1.10. The summed E-state index contributed by atoms with van der Waals surface area (Å²) in [7, 11) is 0. The van der Waals surface area contributed by atoms with E-state index in [2.05, 4.69) is 27.1 Å². The summed E-state index contributed by atoms with van der Waals surface area (Å²) in [5, 5.41) is 0. The Morgan fingerprint density at radius 1 is 1.45 bits per heavy atom. The van der Waals surface area contributed by atoms with Crippen molar-refractivity contribution in [2.75, 3.05) is 13.1 Å². The zero-order valence-electron chi connectivity index (χ0n) is 6.88. The molecule has 1 aliphatic heterocycles. The third-order valence-corrected chi connectivity index (χ3v) is 2.99. The molecule has 0 bridgehead atoms. The second-order valence-corrected chi connectivity index (χ2v) is 3.90. The molecule has 0 aromatic carbocycles. The van der Waals surface area contributed by atoms with Gasteiger partial charge in [-0.25, -0.2) is 0 Å². The van der Waals surface area contributed by atoms with Crippen LogP contribution in [0.3, 0.4) is 0 Å². The predicted molar refractivity (Wildman–Crippen MR) is 51.0 cm³/mol. The summed E-state index contributed by atoms with van der Waals surface area (Å²) in [5.74, 6) is 0. The molecule has 1 fully saturated rings. The van der Waals surface area contributed by atoms with Gasteiger partial charge in [0.1, 0.15) is 0 Å². The van der Waals surface area contributed by atoms with Crippen LogP contribution < -0.4 is 0 Å². The van der Waals surface area contributed by atoms with Crippen molar-refractivity contribution in [3.63, 3.8) is 0 Å². The molecule has 1 rings (SSSR count). The molecular formula is C9H15NSe. The van der Waals surface area contributed by atoms with Crippen LogP contribution in [0.1, 0.15) is 25.7 Å². The van der Waals surface area contributed by atoms with Crippen LogP contribution in [0.2, 0.25) is 0 Å². The van der Waals surface area contributed by atoms with Gasteiger partial charge in [-0.1, -0.05) is 0 Å². The number of hydrogen-bond acceptors (Lipinski definition) is 1. The second-order valence-electron chi connectivity index (χ2n) is 2.92. The molecule has 62 valence electrons. The molecule has 2 heteroatoms. The fourth-order valence-electron chi connectivity index (χ4n) is 1.35. The van der Waals surface area contributed by atoms with E-state index in [-0.39, 0.29) is 0 Å². The Morgan fingerprint density at radius 2 is 2.09 bits per heavy atom. The summed E-state index contributed by atoms with van der Waals surface area (Å²) in [6.07, 6.45) is 6.94. The second kappa shape index (κ2) is 4.74. The van der Waals surface area contributed by atoms with E-state index in [1.165, 1.54) is 30.5 Å². The van der Waals surface area contributed by atoms with Crippen molar-refractivity contribution in [3.8, 4) is 0 Å². The van der Waals surface area contributed by atoms with Crippen molar-refractivity contribution in [2.24, 2.45) is 0 Å². The number of rotatable bonds is 4. The van der Waals surface area contributed by atoms with E-state index in [9.17, 15) is 0 Å². The summed E-state index contributed by atoms with van der Waals surface area (Å²) in [6.45, 7) is 6.21. The number of allylic oxidation sites excluding steroid dienone is 1. The van der Waals surface area contributed by atoms with Gasteiger partial charge in [0.05, 0.1) is 0 Å². The predicted octanol–water partition coefficient (Wildman–Crippen LogP) is 1.35. The zero-order valence-corrected chi connectivity index (χ0v) is 8.60. The van der Waals surface area contributed by atoms with E-state index < -0.39 is 0 Å². The van der Waals surface area contributed by atoms with Gasteiger partial charge in [-0.2, -0.15) is 0 Å². The van der Waals surface area contributed by atoms with Crippen molar-refractivity contribution >= 4 is 20.1 Å². The topological polar surface area (TPSA) is 3.24 Å². The molecule has 0 aromatic heterocycles. The summed E-state index contributed by atoms with van der Waals surface area (Å²) in [5.41, 5.74) is 0. The van der Waals surface area contributed by atoms with Crippen molar-refractivity contribution in [1.82, 2.24) is 4.90 Å². The average Bonchev–Trinajstić information content (AvgIpc) is 2.52. The first-order valence-electron chi connectivity index (χ1n) is 4.23. The summed E-state index contributed by atoms with van der Waals surface area (Å²) < 4.78 is 1.42. The molecule has 1 aliphatic rings. The molecule has 0 unspecified atom stereocenters. The Hall–Kier alpha value is -0.0705. The van der Waals surface area contributed by atoms with Crippen LogP contribution in [-0.2, 0) is 0 Å². The molecule has 0 saturated carbocycles. The van der Waals surface area contributed by atoms with Crippen molar-refractivity contribution < 1.29 is 0 Å². The van der Waals surface area contributed by atoms with Gasteiger partial charge in [-0.3, -0.25) is 0 Å². The zero-order chi connectivity index (χ0) is 8.10. The van der Waals surface area contributed by atoms with Crippen molar-refractivity contribution in [1.29, 1.82) is 0 Å². The van der Waals surface area contributed by atoms with E-state index in [4.69, 9.17) is 0 Å². The van der Waals surface area contributed by atoms with Gasteiger partial charge in [0.2, 0.25) is 0 Å². The summed E-state index contributed by atoms with van der Waals surface area (Å²) in [6, 6.07) is 0. The Morgan fingerprint density at radius 3 is 2.64 bits per heavy atom. The Balaban J connectivity index is 2.22. The molecule has 1 saturated heterocycles. The average molecular weight is 216 g/mol. The maximum absolute atomic E-state index is 3.71. The minimum absolute atomic E-state index is 1.10. The molecule has 0 aromatic rings. The van der Waals surface area contributed by atoms with Crippen LogP contribution in [-0.4, -0.2) is 38.1 Å². The fraction of sp³-hybridized carbons (Fsp3) is 0.667. The molecule has 0 spiro atoms. The molecule has 0 aliphatic carbocycles. The number of likely N-dealkylation sites (tertiary alicyclic amines) is 1. The number of nitrogens with zero attached hydrogens (tertiary/aromatic N) is 1. The van der Waals surface area contributed by atoms with E-state index in [1.54, 1.807) is 0 Å². The molecule has 0 N–H and O–H groups in total. The van der Waals surface area contributed by atoms with Crippen LogP contribution in [0, 0.1) is 0 Å². The van der Waals surface area contributed by atoms with Crippen LogP contribution in [0.5, 0.6) is 0 Å². The SMILES string of the molecule is C=CCCC(=[Se])N1CCCC1. The van der Waals surface area contributed by atoms with Gasteiger partial charge in [-0.15, -0.1) is 0 Å².